The fraction of sp³-hybridized carbons (Fsp3) is 1.00. The molecule has 1 saturated heterocycles. The largest absolute Gasteiger partial charge is 0.383 e. The van der Waals surface area contributed by atoms with Gasteiger partial charge in [-0.15, -0.1) is 0 Å². The highest BCUT2D eigenvalue weighted by atomic mass is 19.1. The third kappa shape index (κ3) is 3.50. The van der Waals surface area contributed by atoms with E-state index in [0.717, 1.165) is 0 Å². The Morgan fingerprint density at radius 3 is 2.42 bits per heavy atom. The molecule has 2 nitrogen and oxygen atoms in total. The van der Waals surface area contributed by atoms with Gasteiger partial charge in [-0.1, -0.05) is 13.8 Å². The van der Waals surface area contributed by atoms with E-state index in [1.165, 1.54) is 0 Å². The highest BCUT2D eigenvalue weighted by molar-refractivity contribution is 4.82. The number of likely N-dealkylation sites (tertiary alicyclic amines) is 1. The van der Waals surface area contributed by atoms with E-state index in [4.69, 9.17) is 4.74 Å². The highest BCUT2D eigenvalue weighted by Gasteiger charge is 2.28. The number of halogens is 1. The summed E-state index contributed by atoms with van der Waals surface area (Å²) in [6.07, 6.45) is -0.0187. The average molecular weight is 177 g/mol. The van der Waals surface area contributed by atoms with Gasteiger partial charge in [0.2, 0.25) is 0 Å². The Morgan fingerprint density at radius 1 is 1.50 bits per heavy atom. The molecule has 3 heteroatoms. The average Bonchev–Trinajstić information content (AvgIpc) is 2.35. The first-order chi connectivity index (χ1) is 5.74. The molecule has 1 aliphatic heterocycles. The Hall–Kier alpha value is -0.150. The Bertz CT molecular complexity index is 111. The molecular formula is C9H20FNO. The van der Waals surface area contributed by atoms with Crippen LogP contribution >= 0.6 is 0 Å². The second-order valence-electron chi connectivity index (χ2n) is 2.88. The van der Waals surface area contributed by atoms with Gasteiger partial charge in [-0.2, -0.15) is 0 Å². The Morgan fingerprint density at radius 2 is 2.08 bits per heavy atom. The van der Waals surface area contributed by atoms with E-state index in [-0.39, 0.29) is 0 Å². The minimum absolute atomic E-state index is 0.292. The van der Waals surface area contributed by atoms with E-state index in [1.54, 1.807) is 7.11 Å². The van der Waals surface area contributed by atoms with Crippen molar-refractivity contribution in [2.75, 3.05) is 27.3 Å². The smallest absolute Gasteiger partial charge is 0.114 e. The molecule has 1 fully saturated rings. The second kappa shape index (κ2) is 6.38. The van der Waals surface area contributed by atoms with Crippen LogP contribution in [-0.4, -0.2) is 44.4 Å². The molecule has 0 aliphatic carbocycles. The van der Waals surface area contributed by atoms with Crippen molar-refractivity contribution >= 4 is 0 Å². The molecule has 2 atom stereocenters. The van der Waals surface area contributed by atoms with E-state index < -0.39 is 6.17 Å². The van der Waals surface area contributed by atoms with Crippen LogP contribution in [0.25, 0.3) is 0 Å². The van der Waals surface area contributed by atoms with Crippen LogP contribution in [0.2, 0.25) is 0 Å². The van der Waals surface area contributed by atoms with Crippen LogP contribution in [0.4, 0.5) is 4.39 Å². The Balaban J connectivity index is 0.000000561. The monoisotopic (exact) mass is 177 g/mol. The predicted octanol–water partition coefficient (Wildman–Crippen LogP) is 1.70. The lowest BCUT2D eigenvalue weighted by atomic mass is 10.2. The van der Waals surface area contributed by atoms with Crippen LogP contribution in [0, 0.1) is 0 Å². The lowest BCUT2D eigenvalue weighted by molar-refractivity contribution is 0.129. The molecule has 1 aliphatic rings. The van der Waals surface area contributed by atoms with E-state index in [0.29, 0.717) is 25.6 Å². The van der Waals surface area contributed by atoms with Crippen molar-refractivity contribution in [2.45, 2.75) is 32.5 Å². The summed E-state index contributed by atoms with van der Waals surface area (Å²) in [7, 11) is 3.59. The number of alkyl halides is 1. The molecule has 1 rings (SSSR count). The van der Waals surface area contributed by atoms with Gasteiger partial charge in [-0.3, -0.25) is 4.90 Å². The normalized spacial score (nSPS) is 29.8. The van der Waals surface area contributed by atoms with Crippen molar-refractivity contribution in [3.63, 3.8) is 0 Å². The van der Waals surface area contributed by atoms with Gasteiger partial charge >= 0.3 is 0 Å². The zero-order valence-corrected chi connectivity index (χ0v) is 8.51. The number of hydrogen-bond acceptors (Lipinski definition) is 2. The molecule has 0 saturated carbocycles. The lowest BCUT2D eigenvalue weighted by Gasteiger charge is -2.16. The quantitative estimate of drug-likeness (QED) is 0.636. The molecule has 0 aromatic carbocycles. The third-order valence-electron chi connectivity index (χ3n) is 2.00. The van der Waals surface area contributed by atoms with Gasteiger partial charge in [0.05, 0.1) is 6.61 Å². The summed E-state index contributed by atoms with van der Waals surface area (Å²) in [4.78, 5) is 2.01. The fourth-order valence-corrected chi connectivity index (χ4v) is 1.40. The summed E-state index contributed by atoms with van der Waals surface area (Å²) in [5, 5.41) is 0. The first-order valence-corrected chi connectivity index (χ1v) is 4.57. The molecule has 12 heavy (non-hydrogen) atoms. The molecule has 0 spiro atoms. The lowest BCUT2D eigenvalue weighted by Crippen LogP contribution is -2.28. The van der Waals surface area contributed by atoms with E-state index in [1.807, 2.05) is 25.8 Å². The number of likely N-dealkylation sites (N-methyl/N-ethyl adjacent to an activating group) is 1. The maximum absolute atomic E-state index is 12.7. The zero-order valence-electron chi connectivity index (χ0n) is 8.51. The Labute approximate surface area is 74.7 Å². The first kappa shape index (κ1) is 11.8. The topological polar surface area (TPSA) is 12.5 Å². The SMILES string of the molecule is CC.COCC1CC(F)CN1C. The molecule has 0 bridgehead atoms. The van der Waals surface area contributed by atoms with Crippen molar-refractivity contribution in [2.24, 2.45) is 0 Å². The van der Waals surface area contributed by atoms with Crippen molar-refractivity contribution in [1.29, 1.82) is 0 Å². The van der Waals surface area contributed by atoms with Crippen molar-refractivity contribution in [1.82, 2.24) is 4.90 Å². The van der Waals surface area contributed by atoms with Gasteiger partial charge in [0, 0.05) is 19.7 Å². The molecule has 0 aromatic heterocycles. The summed E-state index contributed by atoms with van der Waals surface area (Å²) in [5.41, 5.74) is 0. The first-order valence-electron chi connectivity index (χ1n) is 4.57. The summed E-state index contributed by atoms with van der Waals surface area (Å²) < 4.78 is 17.6. The van der Waals surface area contributed by atoms with Gasteiger partial charge in [-0.25, -0.2) is 4.39 Å². The predicted molar refractivity (Wildman–Crippen MR) is 49.2 cm³/mol. The molecule has 1 heterocycles. The molecular weight excluding hydrogens is 157 g/mol. The summed E-state index contributed by atoms with van der Waals surface area (Å²) in [6, 6.07) is 0.292. The minimum Gasteiger partial charge on any atom is -0.383 e. The fourth-order valence-electron chi connectivity index (χ4n) is 1.40. The molecule has 2 unspecified atom stereocenters. The molecule has 0 radical (unpaired) electrons. The third-order valence-corrected chi connectivity index (χ3v) is 2.00. The molecule has 74 valence electrons. The van der Waals surface area contributed by atoms with Crippen molar-refractivity contribution < 1.29 is 9.13 Å². The van der Waals surface area contributed by atoms with Crippen molar-refractivity contribution in [3.8, 4) is 0 Å². The molecule has 0 N–H and O–H groups in total. The van der Waals surface area contributed by atoms with Crippen LogP contribution in [0.1, 0.15) is 20.3 Å². The van der Waals surface area contributed by atoms with Crippen LogP contribution < -0.4 is 0 Å². The zero-order chi connectivity index (χ0) is 9.56. The van der Waals surface area contributed by atoms with E-state index in [2.05, 4.69) is 0 Å². The summed E-state index contributed by atoms with van der Waals surface area (Å²) in [5.74, 6) is 0. The Kier molecular flexibility index (Phi) is 6.30. The standard InChI is InChI=1S/C7H14FNO.C2H6/c1-9-4-6(8)3-7(9)5-10-2;1-2/h6-7H,3-5H2,1-2H3;1-2H3. The number of methoxy groups -OCH3 is 1. The van der Waals surface area contributed by atoms with Crippen LogP contribution in [-0.2, 0) is 4.74 Å². The van der Waals surface area contributed by atoms with Gasteiger partial charge < -0.3 is 4.74 Å². The number of rotatable bonds is 2. The minimum atomic E-state index is -0.648. The summed E-state index contributed by atoms with van der Waals surface area (Å²) >= 11 is 0. The van der Waals surface area contributed by atoms with E-state index in [9.17, 15) is 4.39 Å². The highest BCUT2D eigenvalue weighted by Crippen LogP contribution is 2.17. The van der Waals surface area contributed by atoms with Gasteiger partial charge in [-0.05, 0) is 13.5 Å². The van der Waals surface area contributed by atoms with Crippen LogP contribution in [0.5, 0.6) is 0 Å². The number of hydrogen-bond donors (Lipinski definition) is 0. The van der Waals surface area contributed by atoms with Crippen LogP contribution in [0.15, 0.2) is 0 Å². The number of ether oxygens (including phenoxy) is 1. The van der Waals surface area contributed by atoms with Crippen molar-refractivity contribution in [3.05, 3.63) is 0 Å². The maximum atomic E-state index is 12.7. The van der Waals surface area contributed by atoms with Gasteiger partial charge in [0.15, 0.2) is 0 Å². The second-order valence-corrected chi connectivity index (χ2v) is 2.88. The van der Waals surface area contributed by atoms with Crippen LogP contribution in [0.3, 0.4) is 0 Å². The molecule has 0 amide bonds. The maximum Gasteiger partial charge on any atom is 0.114 e. The molecule has 0 aromatic rings. The van der Waals surface area contributed by atoms with Gasteiger partial charge in [0.1, 0.15) is 6.17 Å². The van der Waals surface area contributed by atoms with Gasteiger partial charge in [0.25, 0.3) is 0 Å². The van der Waals surface area contributed by atoms with E-state index >= 15 is 0 Å². The summed E-state index contributed by atoms with van der Waals surface area (Å²) in [6.45, 7) is 5.21. The number of nitrogens with zero attached hydrogens (tertiary/aromatic N) is 1.